The number of nitrogens with one attached hydrogen (secondary N) is 1. The van der Waals surface area contributed by atoms with Crippen molar-refractivity contribution in [3.8, 4) is 5.75 Å². The predicted octanol–water partition coefficient (Wildman–Crippen LogP) is 3.34. The second kappa shape index (κ2) is 5.69. The van der Waals surface area contributed by atoms with Gasteiger partial charge >= 0.3 is 0 Å². The van der Waals surface area contributed by atoms with Crippen molar-refractivity contribution < 1.29 is 9.90 Å². The Morgan fingerprint density at radius 2 is 1.89 bits per heavy atom. The Labute approximate surface area is 114 Å². The monoisotopic (exact) mass is 305 g/mol. The number of hydrogen-bond donors (Lipinski definition) is 2. The van der Waals surface area contributed by atoms with Gasteiger partial charge in [0.1, 0.15) is 5.75 Å². The molecule has 2 aromatic carbocycles. The summed E-state index contributed by atoms with van der Waals surface area (Å²) in [5.74, 6) is 0.0619. The standard InChI is InChI=1S/C14H12BrNO2/c15-11-4-6-12(7-5-11)16-14(18)9-10-2-1-3-13(17)8-10/h1-8,17H,9H2,(H,16,18). The first-order valence-electron chi connectivity index (χ1n) is 5.47. The largest absolute Gasteiger partial charge is 0.508 e. The molecule has 0 unspecified atom stereocenters. The van der Waals surface area contributed by atoms with Crippen LogP contribution in [0.4, 0.5) is 5.69 Å². The lowest BCUT2D eigenvalue weighted by molar-refractivity contribution is -0.115. The molecule has 18 heavy (non-hydrogen) atoms. The van der Waals surface area contributed by atoms with E-state index >= 15 is 0 Å². The van der Waals surface area contributed by atoms with Gasteiger partial charge in [0, 0.05) is 10.2 Å². The summed E-state index contributed by atoms with van der Waals surface area (Å²) in [7, 11) is 0. The molecule has 0 aliphatic heterocycles. The minimum Gasteiger partial charge on any atom is -0.508 e. The lowest BCUT2D eigenvalue weighted by Gasteiger charge is -2.05. The van der Waals surface area contributed by atoms with Crippen LogP contribution in [-0.2, 0) is 11.2 Å². The normalized spacial score (nSPS) is 10.1. The summed E-state index contributed by atoms with van der Waals surface area (Å²) in [5.41, 5.74) is 1.54. The highest BCUT2D eigenvalue weighted by molar-refractivity contribution is 9.10. The topological polar surface area (TPSA) is 49.3 Å². The van der Waals surface area contributed by atoms with Crippen LogP contribution in [0.2, 0.25) is 0 Å². The van der Waals surface area contributed by atoms with E-state index < -0.39 is 0 Å². The molecule has 2 rings (SSSR count). The van der Waals surface area contributed by atoms with E-state index in [0.29, 0.717) is 0 Å². The smallest absolute Gasteiger partial charge is 0.228 e. The molecule has 0 radical (unpaired) electrons. The van der Waals surface area contributed by atoms with Crippen LogP contribution in [-0.4, -0.2) is 11.0 Å². The number of carbonyl (C=O) groups is 1. The SMILES string of the molecule is O=C(Cc1cccc(O)c1)Nc1ccc(Br)cc1. The third-order valence-electron chi connectivity index (χ3n) is 2.40. The molecule has 1 amide bonds. The number of halogens is 1. The number of amides is 1. The van der Waals surface area contributed by atoms with Crippen LogP contribution in [0.25, 0.3) is 0 Å². The summed E-state index contributed by atoms with van der Waals surface area (Å²) < 4.78 is 0.966. The quantitative estimate of drug-likeness (QED) is 0.914. The fourth-order valence-corrected chi connectivity index (χ4v) is 1.85. The maximum atomic E-state index is 11.8. The first-order valence-corrected chi connectivity index (χ1v) is 6.26. The average molecular weight is 306 g/mol. The van der Waals surface area contributed by atoms with Crippen LogP contribution >= 0.6 is 15.9 Å². The van der Waals surface area contributed by atoms with Crippen LogP contribution in [0.1, 0.15) is 5.56 Å². The molecule has 0 aromatic heterocycles. The highest BCUT2D eigenvalue weighted by atomic mass is 79.9. The molecule has 3 nitrogen and oxygen atoms in total. The van der Waals surface area contributed by atoms with Gasteiger partial charge in [0.05, 0.1) is 6.42 Å². The molecule has 4 heteroatoms. The fourth-order valence-electron chi connectivity index (χ4n) is 1.59. The van der Waals surface area contributed by atoms with Crippen LogP contribution in [0.15, 0.2) is 53.0 Å². The third-order valence-corrected chi connectivity index (χ3v) is 2.93. The molecule has 0 saturated heterocycles. The molecular weight excluding hydrogens is 294 g/mol. The summed E-state index contributed by atoms with van der Waals surface area (Å²) in [6.07, 6.45) is 0.241. The van der Waals surface area contributed by atoms with Crippen LogP contribution in [0.3, 0.4) is 0 Å². The Balaban J connectivity index is 1.98. The Bertz CT molecular complexity index is 552. The minimum absolute atomic E-state index is 0.108. The van der Waals surface area contributed by atoms with Gasteiger partial charge in [0.15, 0.2) is 0 Å². The molecule has 0 saturated carbocycles. The summed E-state index contributed by atoms with van der Waals surface area (Å²) in [6, 6.07) is 14.1. The minimum atomic E-state index is -0.108. The van der Waals surface area contributed by atoms with Gasteiger partial charge in [0.2, 0.25) is 5.91 Å². The van der Waals surface area contributed by atoms with Gasteiger partial charge in [-0.1, -0.05) is 28.1 Å². The Kier molecular flexibility index (Phi) is 3.99. The average Bonchev–Trinajstić information content (AvgIpc) is 2.32. The number of rotatable bonds is 3. The number of phenols is 1. The van der Waals surface area contributed by atoms with Crippen molar-refractivity contribution in [1.82, 2.24) is 0 Å². The highest BCUT2D eigenvalue weighted by Crippen LogP contribution is 2.15. The number of benzene rings is 2. The molecule has 0 atom stereocenters. The number of phenolic OH excluding ortho intramolecular Hbond substituents is 1. The van der Waals surface area contributed by atoms with E-state index in [2.05, 4.69) is 21.2 Å². The van der Waals surface area contributed by atoms with E-state index in [-0.39, 0.29) is 18.1 Å². The van der Waals surface area contributed by atoms with Crippen molar-refractivity contribution in [3.63, 3.8) is 0 Å². The molecule has 0 aliphatic carbocycles. The zero-order valence-corrected chi connectivity index (χ0v) is 11.1. The van der Waals surface area contributed by atoms with Gasteiger partial charge in [-0.05, 0) is 42.0 Å². The second-order valence-electron chi connectivity index (χ2n) is 3.90. The Hall–Kier alpha value is -1.81. The van der Waals surface area contributed by atoms with Gasteiger partial charge in [0.25, 0.3) is 0 Å². The molecule has 92 valence electrons. The molecule has 0 aliphatic rings. The Morgan fingerprint density at radius 3 is 2.56 bits per heavy atom. The number of aromatic hydroxyl groups is 1. The van der Waals surface area contributed by atoms with Crippen molar-refractivity contribution in [1.29, 1.82) is 0 Å². The van der Waals surface area contributed by atoms with E-state index in [0.717, 1.165) is 15.7 Å². The molecule has 0 heterocycles. The van der Waals surface area contributed by atoms with E-state index in [1.54, 1.807) is 24.3 Å². The highest BCUT2D eigenvalue weighted by Gasteiger charge is 2.04. The van der Waals surface area contributed by atoms with Gasteiger partial charge in [-0.2, -0.15) is 0 Å². The third kappa shape index (κ3) is 3.60. The molecule has 2 aromatic rings. The number of carbonyl (C=O) groups excluding carboxylic acids is 1. The van der Waals surface area contributed by atoms with E-state index in [1.807, 2.05) is 24.3 Å². The van der Waals surface area contributed by atoms with Gasteiger partial charge in [-0.25, -0.2) is 0 Å². The molecule has 0 spiro atoms. The van der Waals surface area contributed by atoms with Crippen LogP contribution in [0.5, 0.6) is 5.75 Å². The van der Waals surface area contributed by atoms with Crippen molar-refractivity contribution >= 4 is 27.5 Å². The maximum absolute atomic E-state index is 11.8. The zero-order valence-electron chi connectivity index (χ0n) is 9.56. The molecular formula is C14H12BrNO2. The fraction of sp³-hybridized carbons (Fsp3) is 0.0714. The zero-order chi connectivity index (χ0) is 13.0. The predicted molar refractivity (Wildman–Crippen MR) is 74.6 cm³/mol. The second-order valence-corrected chi connectivity index (χ2v) is 4.82. The lowest BCUT2D eigenvalue weighted by atomic mass is 10.1. The Morgan fingerprint density at radius 1 is 1.17 bits per heavy atom. The summed E-state index contributed by atoms with van der Waals surface area (Å²) in [6.45, 7) is 0. The molecule has 2 N–H and O–H groups in total. The molecule has 0 fully saturated rings. The van der Waals surface area contributed by atoms with Gasteiger partial charge < -0.3 is 10.4 Å². The van der Waals surface area contributed by atoms with Gasteiger partial charge in [-0.3, -0.25) is 4.79 Å². The van der Waals surface area contributed by atoms with Crippen molar-refractivity contribution in [2.24, 2.45) is 0 Å². The number of anilines is 1. The van der Waals surface area contributed by atoms with E-state index in [4.69, 9.17) is 0 Å². The van der Waals surface area contributed by atoms with E-state index in [9.17, 15) is 9.90 Å². The van der Waals surface area contributed by atoms with E-state index in [1.165, 1.54) is 0 Å². The van der Waals surface area contributed by atoms with Gasteiger partial charge in [-0.15, -0.1) is 0 Å². The summed E-state index contributed by atoms with van der Waals surface area (Å²) in [4.78, 5) is 11.8. The first kappa shape index (κ1) is 12.6. The first-order chi connectivity index (χ1) is 8.63. The summed E-state index contributed by atoms with van der Waals surface area (Å²) in [5, 5.41) is 12.1. The maximum Gasteiger partial charge on any atom is 0.228 e. The van der Waals surface area contributed by atoms with Crippen molar-refractivity contribution in [3.05, 3.63) is 58.6 Å². The number of hydrogen-bond acceptors (Lipinski definition) is 2. The molecule has 0 bridgehead atoms. The lowest BCUT2D eigenvalue weighted by Crippen LogP contribution is -2.14. The van der Waals surface area contributed by atoms with Crippen LogP contribution in [0, 0.1) is 0 Å². The van der Waals surface area contributed by atoms with Crippen molar-refractivity contribution in [2.75, 3.05) is 5.32 Å². The van der Waals surface area contributed by atoms with Crippen LogP contribution < -0.4 is 5.32 Å². The summed E-state index contributed by atoms with van der Waals surface area (Å²) >= 11 is 3.33. The van der Waals surface area contributed by atoms with Crippen molar-refractivity contribution in [2.45, 2.75) is 6.42 Å².